The number of hydrogen-bond acceptors (Lipinski definition) is 3. The van der Waals surface area contributed by atoms with Crippen LogP contribution in [-0.2, 0) is 10.0 Å². The predicted octanol–water partition coefficient (Wildman–Crippen LogP) is 2.05. The Morgan fingerprint density at radius 3 is 2.88 bits per heavy atom. The van der Waals surface area contributed by atoms with Crippen LogP contribution < -0.4 is 9.62 Å². The molecule has 0 fully saturated rings. The number of nitrogens with zero attached hydrogens (tertiary/aromatic N) is 1. The second kappa shape index (κ2) is 4.96. The molecule has 17 heavy (non-hydrogen) atoms. The summed E-state index contributed by atoms with van der Waals surface area (Å²) in [5.74, 6) is 0.158. The molecule has 5 heteroatoms. The SMILES string of the molecule is CCCCN1c2ccccc2NCCS1(=O)=O. The minimum Gasteiger partial charge on any atom is -0.382 e. The summed E-state index contributed by atoms with van der Waals surface area (Å²) >= 11 is 0. The fraction of sp³-hybridized carbons (Fsp3) is 0.500. The molecule has 1 aromatic carbocycles. The number of unbranched alkanes of at least 4 members (excludes halogenated alkanes) is 1. The van der Waals surface area contributed by atoms with Crippen LogP contribution in [0.4, 0.5) is 11.4 Å². The van der Waals surface area contributed by atoms with Crippen LogP contribution in [0.1, 0.15) is 19.8 Å². The summed E-state index contributed by atoms with van der Waals surface area (Å²) in [6.07, 6.45) is 1.87. The summed E-state index contributed by atoms with van der Waals surface area (Å²) in [6, 6.07) is 7.58. The molecule has 0 bridgehead atoms. The van der Waals surface area contributed by atoms with Crippen LogP contribution in [0.3, 0.4) is 0 Å². The van der Waals surface area contributed by atoms with E-state index in [1.54, 1.807) is 4.31 Å². The summed E-state index contributed by atoms with van der Waals surface area (Å²) < 4.78 is 25.9. The topological polar surface area (TPSA) is 49.4 Å². The van der Waals surface area contributed by atoms with Crippen LogP contribution in [0.15, 0.2) is 24.3 Å². The highest BCUT2D eigenvalue weighted by Gasteiger charge is 2.26. The number of para-hydroxylation sites is 2. The largest absolute Gasteiger partial charge is 0.382 e. The zero-order valence-electron chi connectivity index (χ0n) is 10.0. The normalized spacial score (nSPS) is 18.1. The molecule has 94 valence electrons. The first-order valence-electron chi connectivity index (χ1n) is 5.98. The van der Waals surface area contributed by atoms with Crippen molar-refractivity contribution in [2.75, 3.05) is 28.5 Å². The van der Waals surface area contributed by atoms with Crippen LogP contribution in [0, 0.1) is 0 Å². The van der Waals surface area contributed by atoms with Crippen molar-refractivity contribution in [3.8, 4) is 0 Å². The van der Waals surface area contributed by atoms with E-state index in [-0.39, 0.29) is 5.75 Å². The second-order valence-electron chi connectivity index (χ2n) is 4.19. The van der Waals surface area contributed by atoms with E-state index in [2.05, 4.69) is 12.2 Å². The van der Waals surface area contributed by atoms with Gasteiger partial charge in [-0.1, -0.05) is 25.5 Å². The van der Waals surface area contributed by atoms with E-state index in [1.165, 1.54) is 0 Å². The van der Waals surface area contributed by atoms with Crippen LogP contribution in [0.5, 0.6) is 0 Å². The Balaban J connectivity index is 2.41. The molecule has 1 heterocycles. The summed E-state index contributed by atoms with van der Waals surface area (Å²) in [7, 11) is -3.17. The number of sulfonamides is 1. The quantitative estimate of drug-likeness (QED) is 0.898. The molecular formula is C12H18N2O2S. The van der Waals surface area contributed by atoms with Gasteiger partial charge in [-0.2, -0.15) is 0 Å². The molecule has 4 nitrogen and oxygen atoms in total. The molecule has 0 saturated heterocycles. The van der Waals surface area contributed by atoms with Gasteiger partial charge in [-0.05, 0) is 18.6 Å². The van der Waals surface area contributed by atoms with Gasteiger partial charge in [0.05, 0.1) is 17.1 Å². The number of benzene rings is 1. The summed E-state index contributed by atoms with van der Waals surface area (Å²) in [6.45, 7) is 3.11. The van der Waals surface area contributed by atoms with Gasteiger partial charge < -0.3 is 5.32 Å². The number of anilines is 2. The first kappa shape index (κ1) is 12.2. The van der Waals surface area contributed by atoms with Crippen molar-refractivity contribution in [1.29, 1.82) is 0 Å². The van der Waals surface area contributed by atoms with Crippen molar-refractivity contribution in [3.63, 3.8) is 0 Å². The van der Waals surface area contributed by atoms with Gasteiger partial charge in [0.25, 0.3) is 0 Å². The predicted molar refractivity (Wildman–Crippen MR) is 71.0 cm³/mol. The van der Waals surface area contributed by atoms with Gasteiger partial charge in [-0.15, -0.1) is 0 Å². The highest BCUT2D eigenvalue weighted by molar-refractivity contribution is 7.92. The van der Waals surface area contributed by atoms with Gasteiger partial charge in [0.2, 0.25) is 10.0 Å². The van der Waals surface area contributed by atoms with Crippen LogP contribution in [-0.4, -0.2) is 27.3 Å². The fourth-order valence-electron chi connectivity index (χ4n) is 1.98. The molecule has 0 spiro atoms. The van der Waals surface area contributed by atoms with Gasteiger partial charge >= 0.3 is 0 Å². The van der Waals surface area contributed by atoms with Crippen molar-refractivity contribution in [3.05, 3.63) is 24.3 Å². The van der Waals surface area contributed by atoms with Gasteiger partial charge in [0, 0.05) is 13.1 Å². The lowest BCUT2D eigenvalue weighted by Crippen LogP contribution is -2.33. The lowest BCUT2D eigenvalue weighted by Gasteiger charge is -2.23. The summed E-state index contributed by atoms with van der Waals surface area (Å²) in [5.41, 5.74) is 1.68. The molecule has 1 aliphatic rings. The third-order valence-electron chi connectivity index (χ3n) is 2.90. The van der Waals surface area contributed by atoms with Crippen molar-refractivity contribution in [2.45, 2.75) is 19.8 Å². The minimum atomic E-state index is -3.17. The van der Waals surface area contributed by atoms with Crippen LogP contribution in [0.2, 0.25) is 0 Å². The minimum absolute atomic E-state index is 0.158. The molecule has 0 aromatic heterocycles. The molecular weight excluding hydrogens is 236 g/mol. The molecule has 1 aliphatic heterocycles. The van der Waals surface area contributed by atoms with Crippen molar-refractivity contribution in [1.82, 2.24) is 0 Å². The van der Waals surface area contributed by atoms with Crippen molar-refractivity contribution < 1.29 is 8.42 Å². The van der Waals surface area contributed by atoms with E-state index in [9.17, 15) is 8.42 Å². The van der Waals surface area contributed by atoms with E-state index in [4.69, 9.17) is 0 Å². The number of nitrogens with one attached hydrogen (secondary N) is 1. The van der Waals surface area contributed by atoms with Gasteiger partial charge in [-0.3, -0.25) is 4.31 Å². The van der Waals surface area contributed by atoms with E-state index in [0.29, 0.717) is 13.1 Å². The molecule has 0 unspecified atom stereocenters. The first-order chi connectivity index (χ1) is 8.15. The lowest BCUT2D eigenvalue weighted by molar-refractivity contribution is 0.590. The summed E-state index contributed by atoms with van der Waals surface area (Å²) in [5, 5.41) is 3.17. The Labute approximate surface area is 103 Å². The standard InChI is InChI=1S/C12H18N2O2S/c1-2-3-9-14-12-7-5-4-6-11(12)13-8-10-17(14,15)16/h4-7,13H,2-3,8-10H2,1H3. The maximum Gasteiger partial charge on any atom is 0.236 e. The van der Waals surface area contributed by atoms with Gasteiger partial charge in [-0.25, -0.2) is 8.42 Å². The van der Waals surface area contributed by atoms with E-state index in [1.807, 2.05) is 24.3 Å². The van der Waals surface area contributed by atoms with Crippen molar-refractivity contribution in [2.24, 2.45) is 0 Å². The first-order valence-corrected chi connectivity index (χ1v) is 7.59. The molecule has 0 aliphatic carbocycles. The van der Waals surface area contributed by atoms with E-state index < -0.39 is 10.0 Å². The molecule has 0 amide bonds. The number of fused-ring (bicyclic) bond motifs is 1. The fourth-order valence-corrected chi connectivity index (χ4v) is 3.42. The Morgan fingerprint density at radius 2 is 2.12 bits per heavy atom. The summed E-state index contributed by atoms with van der Waals surface area (Å²) in [4.78, 5) is 0. The second-order valence-corrected chi connectivity index (χ2v) is 6.20. The Bertz CT molecular complexity index is 485. The van der Waals surface area contributed by atoms with Crippen LogP contribution in [0.25, 0.3) is 0 Å². The van der Waals surface area contributed by atoms with Gasteiger partial charge in [0.1, 0.15) is 0 Å². The van der Waals surface area contributed by atoms with Crippen molar-refractivity contribution >= 4 is 21.4 Å². The molecule has 1 aromatic rings. The lowest BCUT2D eigenvalue weighted by atomic mass is 10.2. The zero-order valence-corrected chi connectivity index (χ0v) is 10.8. The Kier molecular flexibility index (Phi) is 3.57. The van der Waals surface area contributed by atoms with Gasteiger partial charge in [0.15, 0.2) is 0 Å². The van der Waals surface area contributed by atoms with Crippen LogP contribution >= 0.6 is 0 Å². The van der Waals surface area contributed by atoms with E-state index in [0.717, 1.165) is 24.2 Å². The molecule has 0 saturated carbocycles. The molecule has 2 rings (SSSR count). The smallest absolute Gasteiger partial charge is 0.236 e. The molecule has 0 atom stereocenters. The third-order valence-corrected chi connectivity index (χ3v) is 4.67. The highest BCUT2D eigenvalue weighted by Crippen LogP contribution is 2.30. The molecule has 1 N–H and O–H groups in total. The maximum atomic E-state index is 12.2. The third kappa shape index (κ3) is 2.54. The Morgan fingerprint density at radius 1 is 1.35 bits per heavy atom. The number of rotatable bonds is 3. The average molecular weight is 254 g/mol. The Hall–Kier alpha value is -1.23. The number of hydrogen-bond donors (Lipinski definition) is 1. The zero-order chi connectivity index (χ0) is 12.3. The highest BCUT2D eigenvalue weighted by atomic mass is 32.2. The van der Waals surface area contributed by atoms with E-state index >= 15 is 0 Å². The molecule has 0 radical (unpaired) electrons. The maximum absolute atomic E-state index is 12.2. The average Bonchev–Trinajstić information content (AvgIpc) is 2.42. The monoisotopic (exact) mass is 254 g/mol.